The van der Waals surface area contributed by atoms with Gasteiger partial charge in [0.2, 0.25) is 0 Å². The van der Waals surface area contributed by atoms with Crippen LogP contribution in [0.25, 0.3) is 0 Å². The van der Waals surface area contributed by atoms with E-state index in [0.29, 0.717) is 11.5 Å². The first-order valence-corrected chi connectivity index (χ1v) is 5.90. The Labute approximate surface area is 115 Å². The number of carbonyl (C=O) groups is 1. The minimum Gasteiger partial charge on any atom is -0.307 e. The number of hydrogen-bond donors (Lipinski definition) is 3. The second-order valence-corrected chi connectivity index (χ2v) is 4.20. The molecule has 1 aromatic carbocycles. The van der Waals surface area contributed by atoms with Gasteiger partial charge in [0, 0.05) is 5.69 Å². The largest absolute Gasteiger partial charge is 0.337 e. The summed E-state index contributed by atoms with van der Waals surface area (Å²) in [5, 5.41) is 10.3. The van der Waals surface area contributed by atoms with E-state index >= 15 is 0 Å². The molecule has 6 nitrogen and oxygen atoms in total. The number of anilines is 2. The monoisotopic (exact) mass is 277 g/mol. The molecule has 2 amide bonds. The maximum absolute atomic E-state index is 11.6. The van der Waals surface area contributed by atoms with Crippen molar-refractivity contribution >= 4 is 29.1 Å². The van der Waals surface area contributed by atoms with Crippen molar-refractivity contribution in [2.24, 2.45) is 0 Å². The summed E-state index contributed by atoms with van der Waals surface area (Å²) in [7, 11) is 0. The summed E-state index contributed by atoms with van der Waals surface area (Å²) in [5.41, 5.74) is 6.83. The highest BCUT2D eigenvalue weighted by atomic mass is 35.5. The van der Waals surface area contributed by atoms with Crippen LogP contribution in [0, 0.1) is 6.92 Å². The van der Waals surface area contributed by atoms with Gasteiger partial charge in [-0.05, 0) is 36.8 Å². The standard InChI is InChI=1S/C12H12ClN5O/c1-8-3-2-4-9(7-8)14-12(19)18-17-11-6-5-10(13)15-16-11/h2-7H,1H3,(H,16,17)(H2,14,18,19). The number of hydrazine groups is 1. The molecule has 3 N–H and O–H groups in total. The van der Waals surface area contributed by atoms with Crippen LogP contribution in [0.4, 0.5) is 16.3 Å². The van der Waals surface area contributed by atoms with Crippen LogP contribution in [0.3, 0.4) is 0 Å². The minimum atomic E-state index is -0.401. The van der Waals surface area contributed by atoms with Crippen molar-refractivity contribution in [3.63, 3.8) is 0 Å². The summed E-state index contributed by atoms with van der Waals surface area (Å²) in [6.07, 6.45) is 0. The van der Waals surface area contributed by atoms with E-state index < -0.39 is 6.03 Å². The van der Waals surface area contributed by atoms with Crippen LogP contribution in [-0.2, 0) is 0 Å². The molecule has 0 saturated carbocycles. The van der Waals surface area contributed by atoms with Gasteiger partial charge in [-0.25, -0.2) is 10.2 Å². The Bertz CT molecular complexity index is 573. The molecule has 0 saturated heterocycles. The van der Waals surface area contributed by atoms with Crippen LogP contribution >= 0.6 is 11.6 Å². The third kappa shape index (κ3) is 4.11. The third-order valence-corrected chi connectivity index (χ3v) is 2.41. The normalized spacial score (nSPS) is 9.79. The van der Waals surface area contributed by atoms with Crippen LogP contribution in [0.1, 0.15) is 5.56 Å². The van der Waals surface area contributed by atoms with E-state index in [0.717, 1.165) is 5.56 Å². The molecule has 0 fully saturated rings. The molecule has 19 heavy (non-hydrogen) atoms. The Kier molecular flexibility index (Phi) is 4.15. The average Bonchev–Trinajstić information content (AvgIpc) is 2.38. The number of hydrogen-bond acceptors (Lipinski definition) is 4. The molecule has 1 heterocycles. The topological polar surface area (TPSA) is 78.9 Å². The molecule has 2 rings (SSSR count). The van der Waals surface area contributed by atoms with Crippen molar-refractivity contribution in [2.45, 2.75) is 6.92 Å². The lowest BCUT2D eigenvalue weighted by Gasteiger charge is -2.09. The van der Waals surface area contributed by atoms with E-state index in [-0.39, 0.29) is 5.15 Å². The third-order valence-electron chi connectivity index (χ3n) is 2.21. The molecule has 0 atom stereocenters. The molecular weight excluding hydrogens is 266 g/mol. The number of amides is 2. The second-order valence-electron chi connectivity index (χ2n) is 3.81. The predicted molar refractivity (Wildman–Crippen MR) is 74.0 cm³/mol. The minimum absolute atomic E-state index is 0.287. The molecule has 0 spiro atoms. The van der Waals surface area contributed by atoms with Gasteiger partial charge in [0.1, 0.15) is 0 Å². The lowest BCUT2D eigenvalue weighted by Crippen LogP contribution is -2.33. The highest BCUT2D eigenvalue weighted by Crippen LogP contribution is 2.09. The Balaban J connectivity index is 1.86. The molecular formula is C12H12ClN5O. The first kappa shape index (κ1) is 13.1. The Hall–Kier alpha value is -2.34. The number of carbonyl (C=O) groups excluding carboxylic acids is 1. The fourth-order valence-electron chi connectivity index (χ4n) is 1.39. The quantitative estimate of drug-likeness (QED) is 0.754. The number of nitrogens with zero attached hydrogens (tertiary/aromatic N) is 2. The van der Waals surface area contributed by atoms with E-state index in [2.05, 4.69) is 26.4 Å². The van der Waals surface area contributed by atoms with Crippen LogP contribution in [-0.4, -0.2) is 16.2 Å². The van der Waals surface area contributed by atoms with E-state index in [1.807, 2.05) is 25.1 Å². The molecule has 2 aromatic rings. The van der Waals surface area contributed by atoms with Gasteiger partial charge in [0.15, 0.2) is 11.0 Å². The zero-order valence-corrected chi connectivity index (χ0v) is 10.9. The summed E-state index contributed by atoms with van der Waals surface area (Å²) >= 11 is 5.60. The fourth-order valence-corrected chi connectivity index (χ4v) is 1.49. The zero-order valence-electron chi connectivity index (χ0n) is 10.1. The number of halogens is 1. The van der Waals surface area contributed by atoms with Crippen LogP contribution in [0.5, 0.6) is 0 Å². The highest BCUT2D eigenvalue weighted by Gasteiger charge is 2.02. The van der Waals surface area contributed by atoms with Crippen molar-refractivity contribution in [1.29, 1.82) is 0 Å². The summed E-state index contributed by atoms with van der Waals surface area (Å²) in [5.74, 6) is 0.392. The van der Waals surface area contributed by atoms with E-state index in [1.165, 1.54) is 0 Å². The molecule has 0 aliphatic rings. The lowest BCUT2D eigenvalue weighted by atomic mass is 10.2. The van der Waals surface area contributed by atoms with Gasteiger partial charge >= 0.3 is 6.03 Å². The van der Waals surface area contributed by atoms with Gasteiger partial charge in [-0.2, -0.15) is 0 Å². The van der Waals surface area contributed by atoms with Crippen molar-refractivity contribution in [3.8, 4) is 0 Å². The highest BCUT2D eigenvalue weighted by molar-refractivity contribution is 6.29. The maximum Gasteiger partial charge on any atom is 0.337 e. The summed E-state index contributed by atoms with van der Waals surface area (Å²) < 4.78 is 0. The molecule has 0 aliphatic carbocycles. The van der Waals surface area contributed by atoms with Crippen molar-refractivity contribution in [3.05, 3.63) is 47.1 Å². The number of urea groups is 1. The fraction of sp³-hybridized carbons (Fsp3) is 0.0833. The second kappa shape index (κ2) is 6.01. The molecule has 0 bridgehead atoms. The SMILES string of the molecule is Cc1cccc(NC(=O)NNc2ccc(Cl)nn2)c1. The Morgan fingerprint density at radius 2 is 2.05 bits per heavy atom. The summed E-state index contributed by atoms with van der Waals surface area (Å²) in [6.45, 7) is 1.95. The van der Waals surface area contributed by atoms with Crippen LogP contribution in [0.15, 0.2) is 36.4 Å². The number of benzene rings is 1. The molecule has 98 valence electrons. The van der Waals surface area contributed by atoms with Crippen molar-refractivity contribution in [1.82, 2.24) is 15.6 Å². The van der Waals surface area contributed by atoms with Gasteiger partial charge in [-0.1, -0.05) is 23.7 Å². The summed E-state index contributed by atoms with van der Waals surface area (Å²) in [4.78, 5) is 11.6. The van der Waals surface area contributed by atoms with Crippen molar-refractivity contribution in [2.75, 3.05) is 10.7 Å². The first-order valence-electron chi connectivity index (χ1n) is 5.52. The molecule has 0 unspecified atom stereocenters. The maximum atomic E-state index is 11.6. The predicted octanol–water partition coefficient (Wildman–Crippen LogP) is 2.59. The van der Waals surface area contributed by atoms with E-state index in [1.54, 1.807) is 18.2 Å². The molecule has 0 radical (unpaired) electrons. The Morgan fingerprint density at radius 3 is 2.74 bits per heavy atom. The smallest absolute Gasteiger partial charge is 0.307 e. The van der Waals surface area contributed by atoms with Gasteiger partial charge < -0.3 is 5.32 Å². The van der Waals surface area contributed by atoms with Crippen LogP contribution < -0.4 is 16.2 Å². The number of aromatic nitrogens is 2. The zero-order chi connectivity index (χ0) is 13.7. The first-order chi connectivity index (χ1) is 9.13. The van der Waals surface area contributed by atoms with Gasteiger partial charge in [0.25, 0.3) is 0 Å². The van der Waals surface area contributed by atoms with Crippen molar-refractivity contribution < 1.29 is 4.79 Å². The van der Waals surface area contributed by atoms with Crippen LogP contribution in [0.2, 0.25) is 5.15 Å². The number of nitrogens with one attached hydrogen (secondary N) is 3. The molecule has 0 aliphatic heterocycles. The molecule has 1 aromatic heterocycles. The number of aryl methyl sites for hydroxylation is 1. The van der Waals surface area contributed by atoms with Gasteiger partial charge in [-0.3, -0.25) is 5.43 Å². The molecule has 7 heteroatoms. The van der Waals surface area contributed by atoms with Gasteiger partial charge in [0.05, 0.1) is 0 Å². The summed E-state index contributed by atoms with van der Waals surface area (Å²) in [6, 6.07) is 10.2. The lowest BCUT2D eigenvalue weighted by molar-refractivity contribution is 0.254. The van der Waals surface area contributed by atoms with E-state index in [4.69, 9.17) is 11.6 Å². The average molecular weight is 278 g/mol. The Morgan fingerprint density at radius 1 is 1.21 bits per heavy atom. The number of rotatable bonds is 3. The van der Waals surface area contributed by atoms with E-state index in [9.17, 15) is 4.79 Å². The van der Waals surface area contributed by atoms with Gasteiger partial charge in [-0.15, -0.1) is 10.2 Å².